The van der Waals surface area contributed by atoms with Gasteiger partial charge in [-0.3, -0.25) is 86.9 Å². The molecule has 3 aromatic carbocycles. The zero-order valence-corrected chi connectivity index (χ0v) is 54.6. The van der Waals surface area contributed by atoms with Crippen molar-refractivity contribution in [1.29, 1.82) is 0 Å². The molecule has 3 aromatic rings. The SMILES string of the molecule is CC[C@H](C)[C@H](NC(=O)[C@@H](N)CCC(=O)O)C(=O)N[C@@H](Cc1ccc(OP(=O)(O)O)cc1)C(=O)N[C@@H](CCC(=O)O)C(=O)N[C@H](C(=O)N[C@@H](CC(=O)O)C(=O)N[C@@H](Cc1ccc(OP(=O)(O)O)cc1)C(=O)N[C@@H](Cc1ccc(OP(=O)(O)O)cc1)C(=O)N[C@@H](CC(=O)O)C(=O)O)[C@@H](C)O. The van der Waals surface area contributed by atoms with Crippen LogP contribution >= 0.6 is 23.5 Å². The van der Waals surface area contributed by atoms with Crippen molar-refractivity contribution in [2.45, 2.75) is 145 Å². The second-order valence-electron chi connectivity index (χ2n) is 21.8. The highest BCUT2D eigenvalue weighted by molar-refractivity contribution is 7.47. The summed E-state index contributed by atoms with van der Waals surface area (Å²) in [5.74, 6) is -20.9. The van der Waals surface area contributed by atoms with Gasteiger partial charge in [0.2, 0.25) is 47.3 Å². The van der Waals surface area contributed by atoms with Gasteiger partial charge >= 0.3 is 53.3 Å². The Balaban J connectivity index is 2.09. The maximum absolute atomic E-state index is 14.5. The number of aliphatic carboxylic acids is 5. The predicted molar refractivity (Wildman–Crippen MR) is 329 cm³/mol. The van der Waals surface area contributed by atoms with Crippen LogP contribution in [0.5, 0.6) is 17.2 Å². The molecule has 0 heterocycles. The molecule has 8 amide bonds. The molecule has 0 aliphatic rings. The van der Waals surface area contributed by atoms with Gasteiger partial charge in [-0.15, -0.1) is 0 Å². The summed E-state index contributed by atoms with van der Waals surface area (Å²) in [6, 6.07) is -4.60. The second-order valence-corrected chi connectivity index (χ2v) is 25.3. The molecule has 22 N–H and O–H groups in total. The largest absolute Gasteiger partial charge is 0.524 e. The number of carboxylic acids is 5. The maximum Gasteiger partial charge on any atom is 0.524 e. The minimum absolute atomic E-state index is 0.00738. The van der Waals surface area contributed by atoms with Gasteiger partial charge in [-0.05, 0) is 78.8 Å². The molecule has 540 valence electrons. The first-order valence-electron chi connectivity index (χ1n) is 28.9. The van der Waals surface area contributed by atoms with Crippen LogP contribution < -0.4 is 61.8 Å². The highest BCUT2D eigenvalue weighted by Gasteiger charge is 2.38. The van der Waals surface area contributed by atoms with Crippen molar-refractivity contribution in [1.82, 2.24) is 42.5 Å². The minimum atomic E-state index is -5.15. The van der Waals surface area contributed by atoms with Crippen LogP contribution in [0.25, 0.3) is 0 Å². The number of hydrogen-bond donors (Lipinski definition) is 21. The molecule has 0 aliphatic heterocycles. The Hall–Kier alpha value is -9.46. The number of rotatable bonds is 42. The molecule has 11 atom stereocenters. The Morgan fingerprint density at radius 2 is 0.694 bits per heavy atom. The third-order valence-corrected chi connectivity index (χ3v) is 15.2. The summed E-state index contributed by atoms with van der Waals surface area (Å²) < 4.78 is 48.1. The molecule has 40 nitrogen and oxygen atoms in total. The molecule has 43 heteroatoms. The summed E-state index contributed by atoms with van der Waals surface area (Å²) in [6.45, 7) is 4.02. The zero-order valence-electron chi connectivity index (χ0n) is 51.9. The molecule has 0 saturated carbocycles. The van der Waals surface area contributed by atoms with E-state index in [0.717, 1.165) is 67.6 Å². The first kappa shape index (κ1) is 82.8. The quantitative estimate of drug-likeness (QED) is 0.0245. The predicted octanol–water partition coefficient (Wildman–Crippen LogP) is -3.47. The van der Waals surface area contributed by atoms with Crippen molar-refractivity contribution in [2.75, 3.05) is 0 Å². The number of amides is 8. The van der Waals surface area contributed by atoms with Gasteiger partial charge in [0.05, 0.1) is 25.0 Å². The van der Waals surface area contributed by atoms with E-state index in [4.69, 9.17) is 10.8 Å². The highest BCUT2D eigenvalue weighted by atomic mass is 31.2. The lowest BCUT2D eigenvalue weighted by Crippen LogP contribution is -2.62. The Bertz CT molecular complexity index is 3510. The molecule has 0 unspecified atom stereocenters. The van der Waals surface area contributed by atoms with Crippen LogP contribution in [0, 0.1) is 5.92 Å². The summed E-state index contributed by atoms with van der Waals surface area (Å²) in [5.41, 5.74) is 6.04. The average Bonchev–Trinajstić information content (AvgIpc) is 0.894. The van der Waals surface area contributed by atoms with Crippen LogP contribution in [0.2, 0.25) is 0 Å². The summed E-state index contributed by atoms with van der Waals surface area (Å²) in [4.78, 5) is 228. The average molecular weight is 1450 g/mol. The van der Waals surface area contributed by atoms with E-state index in [9.17, 15) is 131 Å². The van der Waals surface area contributed by atoms with Crippen molar-refractivity contribution >= 4 is 101 Å². The number of aliphatic hydroxyl groups is 1. The van der Waals surface area contributed by atoms with E-state index in [2.05, 4.69) is 45.5 Å². The number of phosphoric acid groups is 3. The standard InChI is InChI=1S/C55H74N9O31P3/c1-4-26(2)45(63-47(74)34(56)17-19-41(66)67)53(80)60-38(23-30-9-15-33(16-10-30)95-98(90,91)92)49(76)57-35(18-20-42(68)69)48(75)64-46(27(3)65)54(81)61-39(24-43(70)71)52(79)59-36(21-28-5-11-31(12-6-28)93-96(84,85)86)50(77)58-37(51(78)62-40(55(82)83)25-44(72)73)22-29-7-13-32(14-8-29)94-97(87,88)89/h5-16,26-27,34-40,45-46,65H,4,17-25,56H2,1-3H3,(H,57,76)(H,58,77)(H,59,79)(H,60,80)(H,61,81)(H,62,78)(H,63,74)(H,64,75)(H,66,67)(H,68,69)(H,70,71)(H,72,73)(H,82,83)(H2,84,85,86)(H2,87,88,89)(H2,90,91,92)/t26-,27+,34-,35-,36-,37-,38-,39-,40-,45-,46-/m0/s1. The normalized spacial score (nSPS) is 14.9. The van der Waals surface area contributed by atoms with Crippen molar-refractivity contribution in [3.8, 4) is 17.2 Å². The summed E-state index contributed by atoms with van der Waals surface area (Å²) in [7, 11) is -15.3. The first-order chi connectivity index (χ1) is 45.4. The molecule has 0 aromatic heterocycles. The third-order valence-electron chi connectivity index (χ3n) is 13.8. The van der Waals surface area contributed by atoms with Crippen molar-refractivity contribution in [3.63, 3.8) is 0 Å². The molecule has 0 spiro atoms. The van der Waals surface area contributed by atoms with Crippen LogP contribution in [0.4, 0.5) is 0 Å². The third kappa shape index (κ3) is 30.7. The van der Waals surface area contributed by atoms with Crippen LogP contribution in [-0.2, 0) is 95.3 Å². The molecule has 98 heavy (non-hydrogen) atoms. The Kier molecular flexibility index (Phi) is 32.0. The molecule has 0 fully saturated rings. The summed E-state index contributed by atoms with van der Waals surface area (Å²) >= 11 is 0. The van der Waals surface area contributed by atoms with Crippen LogP contribution in [0.15, 0.2) is 72.8 Å². The lowest BCUT2D eigenvalue weighted by molar-refractivity contribution is -0.147. The number of carbonyl (C=O) groups is 13. The van der Waals surface area contributed by atoms with Crippen LogP contribution in [-0.4, -0.2) is 198 Å². The monoisotopic (exact) mass is 1450 g/mol. The Labute approximate surface area is 554 Å². The lowest BCUT2D eigenvalue weighted by atomic mass is 9.96. The molecule has 0 aliphatic carbocycles. The number of aliphatic hydroxyl groups excluding tert-OH is 1. The van der Waals surface area contributed by atoms with Gasteiger partial charge in [-0.2, -0.15) is 0 Å². The lowest BCUT2D eigenvalue weighted by Gasteiger charge is -2.29. The zero-order chi connectivity index (χ0) is 74.2. The van der Waals surface area contributed by atoms with Crippen LogP contribution in [0.1, 0.15) is 82.4 Å². The van der Waals surface area contributed by atoms with Crippen molar-refractivity contribution in [2.24, 2.45) is 11.7 Å². The van der Waals surface area contributed by atoms with Gasteiger partial charge < -0.3 is 92.5 Å². The van der Waals surface area contributed by atoms with Crippen molar-refractivity contribution < 1.29 is 150 Å². The smallest absolute Gasteiger partial charge is 0.481 e. The molecular formula is C55H74N9O31P3. The number of nitrogens with one attached hydrogen (secondary N) is 8. The molecule has 3 rings (SSSR count). The van der Waals surface area contributed by atoms with Gasteiger partial charge in [0.1, 0.15) is 65.6 Å². The number of benzene rings is 3. The first-order valence-corrected chi connectivity index (χ1v) is 33.5. The van der Waals surface area contributed by atoms with E-state index in [1.54, 1.807) is 6.92 Å². The van der Waals surface area contributed by atoms with Gasteiger partial charge in [-0.25, -0.2) is 18.5 Å². The molecule has 0 bridgehead atoms. The Morgan fingerprint density at radius 3 is 1.03 bits per heavy atom. The molecular weight excluding hydrogens is 1380 g/mol. The van der Waals surface area contributed by atoms with E-state index in [1.165, 1.54) is 19.1 Å². The summed E-state index contributed by atoms with van der Waals surface area (Å²) in [6.07, 6.45) is -9.00. The van der Waals surface area contributed by atoms with Crippen LogP contribution in [0.3, 0.4) is 0 Å². The number of nitrogens with two attached hydrogens (primary N) is 1. The van der Waals surface area contributed by atoms with E-state index in [-0.39, 0.29) is 35.3 Å². The topological polar surface area (TPSA) is 666 Å². The minimum Gasteiger partial charge on any atom is -0.481 e. The fourth-order valence-corrected chi connectivity index (χ4v) is 9.93. The van der Waals surface area contributed by atoms with Gasteiger partial charge in [0.15, 0.2) is 0 Å². The molecule has 0 radical (unpaired) electrons. The van der Waals surface area contributed by atoms with E-state index >= 15 is 0 Å². The number of phosphoric ester groups is 3. The second kappa shape index (κ2) is 37.9. The van der Waals surface area contributed by atoms with Crippen molar-refractivity contribution in [3.05, 3.63) is 89.5 Å². The van der Waals surface area contributed by atoms with E-state index in [0.29, 0.717) is 0 Å². The summed E-state index contributed by atoms with van der Waals surface area (Å²) in [5, 5.41) is 76.3. The fraction of sp³-hybridized carbons (Fsp3) is 0.436. The van der Waals surface area contributed by atoms with E-state index in [1.807, 2.05) is 10.6 Å². The Morgan fingerprint density at radius 1 is 0.398 bits per heavy atom. The number of carboxylic acid groups (broad SMARTS) is 5. The maximum atomic E-state index is 14.5. The van der Waals surface area contributed by atoms with E-state index < -0.39 is 230 Å². The van der Waals surface area contributed by atoms with Gasteiger partial charge in [-0.1, -0.05) is 56.7 Å². The van der Waals surface area contributed by atoms with Gasteiger partial charge in [0.25, 0.3) is 0 Å². The fourth-order valence-electron chi connectivity index (χ4n) is 8.74. The molecule has 0 saturated heterocycles. The highest BCUT2D eigenvalue weighted by Crippen LogP contribution is 2.39. The number of hydrogen-bond acceptors (Lipinski definition) is 21. The van der Waals surface area contributed by atoms with Gasteiger partial charge in [0, 0.05) is 32.1 Å². The number of carbonyl (C=O) groups excluding carboxylic acids is 8.